The number of hydrogen-bond donors (Lipinski definition) is 2. The van der Waals surface area contributed by atoms with Crippen molar-refractivity contribution < 1.29 is 13.9 Å². The van der Waals surface area contributed by atoms with E-state index in [2.05, 4.69) is 20.9 Å². The van der Waals surface area contributed by atoms with E-state index in [1.807, 2.05) is 25.5 Å². The predicted octanol–water partition coefficient (Wildman–Crippen LogP) is 2.69. The molecule has 0 spiro atoms. The van der Waals surface area contributed by atoms with Crippen LogP contribution in [0.4, 0.5) is 10.1 Å². The number of carbonyl (C=O) groups is 1. The van der Waals surface area contributed by atoms with E-state index in [0.717, 1.165) is 25.9 Å². The van der Waals surface area contributed by atoms with Gasteiger partial charge in [0.2, 0.25) is 0 Å². The van der Waals surface area contributed by atoms with Crippen LogP contribution in [-0.2, 0) is 0 Å². The van der Waals surface area contributed by atoms with Gasteiger partial charge in [0.25, 0.3) is 5.91 Å². The van der Waals surface area contributed by atoms with Crippen LogP contribution < -0.4 is 15.4 Å². The van der Waals surface area contributed by atoms with Crippen molar-refractivity contribution >= 4 is 11.6 Å². The van der Waals surface area contributed by atoms with E-state index in [4.69, 9.17) is 4.74 Å². The maximum absolute atomic E-state index is 13.6. The Labute approximate surface area is 151 Å². The number of amides is 1. The van der Waals surface area contributed by atoms with Crippen LogP contribution in [0.1, 0.15) is 48.9 Å². The number of nitrogens with zero attached hydrogens (tertiary/aromatic N) is 3. The lowest BCUT2D eigenvalue weighted by Crippen LogP contribution is -2.30. The van der Waals surface area contributed by atoms with Crippen LogP contribution in [0.5, 0.6) is 5.75 Å². The van der Waals surface area contributed by atoms with Gasteiger partial charge in [0.15, 0.2) is 5.69 Å². The van der Waals surface area contributed by atoms with Crippen LogP contribution in [0.3, 0.4) is 0 Å². The Morgan fingerprint density at radius 2 is 2.12 bits per heavy atom. The quantitative estimate of drug-likeness (QED) is 0.856. The minimum Gasteiger partial charge on any atom is -0.489 e. The summed E-state index contributed by atoms with van der Waals surface area (Å²) in [6.07, 6.45) is 1.79. The summed E-state index contributed by atoms with van der Waals surface area (Å²) < 4.78 is 21.1. The third-order valence-corrected chi connectivity index (χ3v) is 4.35. The minimum absolute atomic E-state index is 0.0985. The molecule has 1 aromatic heterocycles. The van der Waals surface area contributed by atoms with Crippen LogP contribution in [0.25, 0.3) is 0 Å². The van der Waals surface area contributed by atoms with E-state index >= 15 is 0 Å². The zero-order valence-corrected chi connectivity index (χ0v) is 15.3. The standard InChI is InChI=1S/C18H24FN5O2/c1-11(2)26-16-5-4-13(19)10-15(16)21-18(25)17-12(3)24(23-22-17)14-6-8-20-9-7-14/h4-5,10-11,14,20H,6-9H2,1-3H3,(H,21,25). The summed E-state index contributed by atoms with van der Waals surface area (Å²) in [5.74, 6) is -0.466. The molecule has 0 aliphatic carbocycles. The number of benzene rings is 1. The number of carbonyl (C=O) groups excluding carboxylic acids is 1. The van der Waals surface area contributed by atoms with E-state index in [-0.39, 0.29) is 23.5 Å². The second-order valence-corrected chi connectivity index (χ2v) is 6.71. The van der Waals surface area contributed by atoms with Gasteiger partial charge in [0.1, 0.15) is 11.6 Å². The van der Waals surface area contributed by atoms with E-state index in [9.17, 15) is 9.18 Å². The van der Waals surface area contributed by atoms with Crippen LogP contribution in [0, 0.1) is 12.7 Å². The highest BCUT2D eigenvalue weighted by Crippen LogP contribution is 2.27. The summed E-state index contributed by atoms with van der Waals surface area (Å²) in [5.41, 5.74) is 1.22. The monoisotopic (exact) mass is 361 g/mol. The van der Waals surface area contributed by atoms with E-state index in [0.29, 0.717) is 11.4 Å². The molecule has 7 nitrogen and oxygen atoms in total. The van der Waals surface area contributed by atoms with Gasteiger partial charge in [-0.25, -0.2) is 9.07 Å². The Kier molecular flexibility index (Phi) is 5.51. The largest absolute Gasteiger partial charge is 0.489 e. The number of piperidine rings is 1. The SMILES string of the molecule is Cc1c(C(=O)Nc2cc(F)ccc2OC(C)C)nnn1C1CCNCC1. The van der Waals surface area contributed by atoms with Crippen LogP contribution in [-0.4, -0.2) is 40.1 Å². The molecule has 1 amide bonds. The van der Waals surface area contributed by atoms with Gasteiger partial charge in [-0.2, -0.15) is 0 Å². The fraction of sp³-hybridized carbons (Fsp3) is 0.500. The first-order valence-corrected chi connectivity index (χ1v) is 8.85. The summed E-state index contributed by atoms with van der Waals surface area (Å²) in [6, 6.07) is 4.28. The van der Waals surface area contributed by atoms with Crippen molar-refractivity contribution in [2.75, 3.05) is 18.4 Å². The highest BCUT2D eigenvalue weighted by molar-refractivity contribution is 6.04. The zero-order chi connectivity index (χ0) is 18.7. The molecule has 1 fully saturated rings. The number of ether oxygens (including phenoxy) is 1. The smallest absolute Gasteiger partial charge is 0.278 e. The Bertz CT molecular complexity index is 784. The molecule has 0 radical (unpaired) electrons. The third-order valence-electron chi connectivity index (χ3n) is 4.35. The molecule has 2 N–H and O–H groups in total. The number of aromatic nitrogens is 3. The second-order valence-electron chi connectivity index (χ2n) is 6.71. The number of rotatable bonds is 5. The summed E-state index contributed by atoms with van der Waals surface area (Å²) in [7, 11) is 0. The zero-order valence-electron chi connectivity index (χ0n) is 15.3. The van der Waals surface area contributed by atoms with E-state index in [1.165, 1.54) is 18.2 Å². The summed E-state index contributed by atoms with van der Waals surface area (Å²) >= 11 is 0. The lowest BCUT2D eigenvalue weighted by Gasteiger charge is -2.23. The van der Waals surface area contributed by atoms with Crippen molar-refractivity contribution in [2.24, 2.45) is 0 Å². The van der Waals surface area contributed by atoms with Crippen LogP contribution in [0.2, 0.25) is 0 Å². The van der Waals surface area contributed by atoms with Gasteiger partial charge in [-0.1, -0.05) is 5.21 Å². The second kappa shape index (κ2) is 7.82. The summed E-state index contributed by atoms with van der Waals surface area (Å²) in [6.45, 7) is 7.40. The highest BCUT2D eigenvalue weighted by atomic mass is 19.1. The van der Waals surface area contributed by atoms with Crippen LogP contribution in [0.15, 0.2) is 18.2 Å². The van der Waals surface area contributed by atoms with Gasteiger partial charge in [-0.15, -0.1) is 5.10 Å². The first-order valence-electron chi connectivity index (χ1n) is 8.85. The molecule has 1 saturated heterocycles. The van der Waals surface area contributed by atoms with Gasteiger partial charge in [0.05, 0.1) is 23.5 Å². The van der Waals surface area contributed by atoms with Gasteiger partial charge >= 0.3 is 0 Å². The Morgan fingerprint density at radius 1 is 1.38 bits per heavy atom. The molecular formula is C18H24FN5O2. The maximum Gasteiger partial charge on any atom is 0.278 e. The molecule has 0 unspecified atom stereocenters. The molecular weight excluding hydrogens is 337 g/mol. The average molecular weight is 361 g/mol. The summed E-state index contributed by atoms with van der Waals surface area (Å²) in [4.78, 5) is 12.7. The van der Waals surface area contributed by atoms with Gasteiger partial charge in [0, 0.05) is 6.07 Å². The number of nitrogens with one attached hydrogen (secondary N) is 2. The Morgan fingerprint density at radius 3 is 2.81 bits per heavy atom. The fourth-order valence-corrected chi connectivity index (χ4v) is 3.09. The molecule has 26 heavy (non-hydrogen) atoms. The van der Waals surface area contributed by atoms with Crippen molar-refractivity contribution in [3.63, 3.8) is 0 Å². The van der Waals surface area contributed by atoms with Gasteiger partial charge in [-0.3, -0.25) is 4.79 Å². The lowest BCUT2D eigenvalue weighted by atomic mass is 10.1. The van der Waals surface area contributed by atoms with Gasteiger partial charge < -0.3 is 15.4 Å². The number of halogens is 1. The fourth-order valence-electron chi connectivity index (χ4n) is 3.09. The Hall–Kier alpha value is -2.48. The molecule has 1 aromatic carbocycles. The number of anilines is 1. The molecule has 0 atom stereocenters. The van der Waals surface area contributed by atoms with Crippen molar-refractivity contribution in [2.45, 2.75) is 45.8 Å². The molecule has 3 rings (SSSR count). The molecule has 1 aliphatic rings. The van der Waals surface area contributed by atoms with Gasteiger partial charge in [-0.05, 0) is 58.8 Å². The average Bonchev–Trinajstić information content (AvgIpc) is 2.99. The van der Waals surface area contributed by atoms with Crippen molar-refractivity contribution in [1.82, 2.24) is 20.3 Å². The molecule has 8 heteroatoms. The molecule has 2 heterocycles. The highest BCUT2D eigenvalue weighted by Gasteiger charge is 2.23. The van der Waals surface area contributed by atoms with E-state index in [1.54, 1.807) is 0 Å². The Balaban J connectivity index is 1.80. The van der Waals surface area contributed by atoms with E-state index < -0.39 is 11.7 Å². The third kappa shape index (κ3) is 4.01. The number of hydrogen-bond acceptors (Lipinski definition) is 5. The van der Waals surface area contributed by atoms with Crippen LogP contribution >= 0.6 is 0 Å². The molecule has 0 saturated carbocycles. The van der Waals surface area contributed by atoms with Crippen molar-refractivity contribution in [3.05, 3.63) is 35.4 Å². The normalized spacial score (nSPS) is 15.3. The molecule has 2 aromatic rings. The summed E-state index contributed by atoms with van der Waals surface area (Å²) in [5, 5.41) is 14.2. The topological polar surface area (TPSA) is 81.1 Å². The first kappa shape index (κ1) is 18.3. The first-order chi connectivity index (χ1) is 12.5. The van der Waals surface area contributed by atoms with Crippen molar-refractivity contribution in [3.8, 4) is 5.75 Å². The molecule has 140 valence electrons. The maximum atomic E-state index is 13.6. The minimum atomic E-state index is -0.452. The lowest BCUT2D eigenvalue weighted by molar-refractivity contribution is 0.102. The molecule has 0 bridgehead atoms. The molecule has 1 aliphatic heterocycles. The van der Waals surface area contributed by atoms with Crippen molar-refractivity contribution in [1.29, 1.82) is 0 Å². The predicted molar refractivity (Wildman–Crippen MR) is 96.0 cm³/mol.